The largest absolute Gasteiger partial charge is 0.493 e. The molecule has 1 aliphatic rings. The van der Waals surface area contributed by atoms with Crippen LogP contribution in [0.3, 0.4) is 0 Å². The van der Waals surface area contributed by atoms with Crippen LogP contribution in [0, 0.1) is 20.8 Å². The maximum Gasteiger partial charge on any atom is 0.335 e. The van der Waals surface area contributed by atoms with Crippen molar-refractivity contribution in [1.29, 1.82) is 0 Å². The van der Waals surface area contributed by atoms with Crippen LogP contribution in [0.1, 0.15) is 22.3 Å². The molecule has 4 rings (SSSR count). The SMILES string of the molecule is COc1cc(/C=C2\C(=O)NC(=O)N(c3cc(Cl)ccc3C)C2=O)ccc1OCC(=O)Nc1ccc(C)cc1C. The van der Waals surface area contributed by atoms with Crippen LogP contribution in [0.25, 0.3) is 6.08 Å². The maximum absolute atomic E-state index is 13.2. The molecule has 1 heterocycles. The maximum atomic E-state index is 13.2. The molecule has 5 amide bonds. The minimum Gasteiger partial charge on any atom is -0.493 e. The number of urea groups is 1. The van der Waals surface area contributed by atoms with Gasteiger partial charge < -0.3 is 14.8 Å². The highest BCUT2D eigenvalue weighted by Gasteiger charge is 2.37. The first-order valence-electron chi connectivity index (χ1n) is 11.9. The smallest absolute Gasteiger partial charge is 0.335 e. The summed E-state index contributed by atoms with van der Waals surface area (Å²) in [5.41, 5.74) is 3.80. The van der Waals surface area contributed by atoms with Gasteiger partial charge in [-0.1, -0.05) is 41.4 Å². The third kappa shape index (κ3) is 6.10. The number of carbonyl (C=O) groups is 4. The fourth-order valence-electron chi connectivity index (χ4n) is 4.04. The van der Waals surface area contributed by atoms with Crippen molar-refractivity contribution in [3.63, 3.8) is 0 Å². The number of halogens is 1. The van der Waals surface area contributed by atoms with Gasteiger partial charge >= 0.3 is 6.03 Å². The van der Waals surface area contributed by atoms with Crippen LogP contribution in [-0.2, 0) is 14.4 Å². The van der Waals surface area contributed by atoms with Gasteiger partial charge in [-0.25, -0.2) is 9.69 Å². The van der Waals surface area contributed by atoms with Gasteiger partial charge in [0.2, 0.25) is 0 Å². The number of carbonyl (C=O) groups excluding carboxylic acids is 4. The predicted molar refractivity (Wildman–Crippen MR) is 148 cm³/mol. The zero-order chi connectivity index (χ0) is 28.3. The number of anilines is 2. The van der Waals surface area contributed by atoms with Gasteiger partial charge in [-0.15, -0.1) is 0 Å². The number of amides is 5. The van der Waals surface area contributed by atoms with E-state index in [1.807, 2.05) is 32.0 Å². The van der Waals surface area contributed by atoms with Crippen molar-refractivity contribution in [1.82, 2.24) is 5.32 Å². The minimum absolute atomic E-state index is 0.252. The van der Waals surface area contributed by atoms with E-state index in [1.54, 1.807) is 37.3 Å². The fraction of sp³-hybridized carbons (Fsp3) is 0.172. The molecular weight excluding hydrogens is 522 g/mol. The molecule has 9 nitrogen and oxygen atoms in total. The Balaban J connectivity index is 1.53. The zero-order valence-electron chi connectivity index (χ0n) is 21.8. The molecule has 0 saturated carbocycles. The highest BCUT2D eigenvalue weighted by molar-refractivity contribution is 6.39. The predicted octanol–water partition coefficient (Wildman–Crippen LogP) is 4.96. The van der Waals surface area contributed by atoms with Crippen molar-refractivity contribution in [3.8, 4) is 11.5 Å². The topological polar surface area (TPSA) is 114 Å². The van der Waals surface area contributed by atoms with Gasteiger partial charge in [0.15, 0.2) is 18.1 Å². The Morgan fingerprint density at radius 2 is 1.74 bits per heavy atom. The number of benzene rings is 3. The van der Waals surface area contributed by atoms with Gasteiger partial charge in [0.05, 0.1) is 12.8 Å². The molecule has 0 radical (unpaired) electrons. The average molecular weight is 548 g/mol. The third-order valence-electron chi connectivity index (χ3n) is 6.03. The lowest BCUT2D eigenvalue weighted by molar-refractivity contribution is -0.122. The first-order chi connectivity index (χ1) is 18.6. The van der Waals surface area contributed by atoms with E-state index in [2.05, 4.69) is 10.6 Å². The van der Waals surface area contributed by atoms with E-state index in [4.69, 9.17) is 21.1 Å². The van der Waals surface area contributed by atoms with Crippen LogP contribution in [0.4, 0.5) is 16.2 Å². The molecule has 10 heteroatoms. The first-order valence-corrected chi connectivity index (χ1v) is 12.3. The van der Waals surface area contributed by atoms with Crippen LogP contribution in [0.2, 0.25) is 5.02 Å². The summed E-state index contributed by atoms with van der Waals surface area (Å²) >= 11 is 6.07. The minimum atomic E-state index is -0.868. The second-order valence-electron chi connectivity index (χ2n) is 8.95. The van der Waals surface area contributed by atoms with E-state index < -0.39 is 17.8 Å². The molecule has 0 bridgehead atoms. The molecule has 1 fully saturated rings. The van der Waals surface area contributed by atoms with Crippen LogP contribution < -0.4 is 25.0 Å². The van der Waals surface area contributed by atoms with Crippen molar-refractivity contribution < 1.29 is 28.7 Å². The summed E-state index contributed by atoms with van der Waals surface area (Å²) in [6.45, 7) is 5.33. The van der Waals surface area contributed by atoms with E-state index >= 15 is 0 Å². The lowest BCUT2D eigenvalue weighted by atomic mass is 10.1. The average Bonchev–Trinajstić information content (AvgIpc) is 2.89. The highest BCUT2D eigenvalue weighted by atomic mass is 35.5. The number of methoxy groups -OCH3 is 1. The molecule has 0 aliphatic carbocycles. The Morgan fingerprint density at radius 3 is 2.46 bits per heavy atom. The normalized spacial score (nSPS) is 14.3. The molecule has 3 aromatic carbocycles. The molecule has 0 unspecified atom stereocenters. The Kier molecular flexibility index (Phi) is 8.01. The van der Waals surface area contributed by atoms with Crippen molar-refractivity contribution >= 4 is 52.8 Å². The number of rotatable bonds is 7. The highest BCUT2D eigenvalue weighted by Crippen LogP contribution is 2.31. The van der Waals surface area contributed by atoms with E-state index in [0.29, 0.717) is 27.6 Å². The van der Waals surface area contributed by atoms with Crippen LogP contribution >= 0.6 is 11.6 Å². The van der Waals surface area contributed by atoms with Gasteiger partial charge in [-0.05, 0) is 73.9 Å². The molecule has 0 spiro atoms. The Hall–Kier alpha value is -4.63. The van der Waals surface area contributed by atoms with Gasteiger partial charge in [-0.3, -0.25) is 19.7 Å². The van der Waals surface area contributed by atoms with Crippen molar-refractivity contribution in [2.45, 2.75) is 20.8 Å². The molecule has 2 N–H and O–H groups in total. The summed E-state index contributed by atoms with van der Waals surface area (Å²) in [5, 5.41) is 5.34. The number of ether oxygens (including phenoxy) is 2. The number of nitrogens with zero attached hydrogens (tertiary/aromatic N) is 1. The quantitative estimate of drug-likeness (QED) is 0.319. The summed E-state index contributed by atoms with van der Waals surface area (Å²) in [4.78, 5) is 51.6. The summed E-state index contributed by atoms with van der Waals surface area (Å²) < 4.78 is 11.1. The molecule has 39 heavy (non-hydrogen) atoms. The number of imide groups is 2. The van der Waals surface area contributed by atoms with Gasteiger partial charge in [0.1, 0.15) is 5.57 Å². The van der Waals surface area contributed by atoms with Crippen molar-refractivity contribution in [2.75, 3.05) is 23.9 Å². The second-order valence-corrected chi connectivity index (χ2v) is 9.39. The number of barbiturate groups is 1. The zero-order valence-corrected chi connectivity index (χ0v) is 22.5. The third-order valence-corrected chi connectivity index (χ3v) is 6.26. The second kappa shape index (κ2) is 11.4. The Morgan fingerprint density at radius 1 is 0.974 bits per heavy atom. The molecule has 3 aromatic rings. The van der Waals surface area contributed by atoms with E-state index in [-0.39, 0.29) is 29.5 Å². The lowest BCUT2D eigenvalue weighted by Gasteiger charge is -2.27. The van der Waals surface area contributed by atoms with E-state index in [1.165, 1.54) is 19.3 Å². The van der Waals surface area contributed by atoms with Crippen molar-refractivity contribution in [2.24, 2.45) is 0 Å². The summed E-state index contributed by atoms with van der Waals surface area (Å²) in [7, 11) is 1.43. The van der Waals surface area contributed by atoms with Crippen LogP contribution in [0.5, 0.6) is 11.5 Å². The number of aryl methyl sites for hydroxylation is 3. The fourth-order valence-corrected chi connectivity index (χ4v) is 4.21. The standard InChI is InChI=1S/C29H26ClN3O6/c1-16-5-9-22(18(3)11-16)31-26(34)15-39-24-10-7-19(13-25(24)38-4)12-21-27(35)32-29(37)33(28(21)36)23-14-20(30)8-6-17(23)2/h5-14H,15H2,1-4H3,(H,31,34)(H,32,35,37)/b21-12+. The van der Waals surface area contributed by atoms with E-state index in [9.17, 15) is 19.2 Å². The molecule has 1 saturated heterocycles. The van der Waals surface area contributed by atoms with Crippen LogP contribution in [0.15, 0.2) is 60.2 Å². The summed E-state index contributed by atoms with van der Waals surface area (Å²) in [6.07, 6.45) is 1.34. The number of nitrogens with one attached hydrogen (secondary N) is 2. The molecule has 0 atom stereocenters. The number of hydrogen-bond acceptors (Lipinski definition) is 6. The van der Waals surface area contributed by atoms with E-state index in [0.717, 1.165) is 16.0 Å². The number of hydrogen-bond donors (Lipinski definition) is 2. The Labute approximate surface area is 230 Å². The summed E-state index contributed by atoms with van der Waals surface area (Å²) in [6, 6.07) is 14.3. The first kappa shape index (κ1) is 27.4. The van der Waals surface area contributed by atoms with Gasteiger partial charge in [0.25, 0.3) is 17.7 Å². The molecule has 0 aromatic heterocycles. The van der Waals surface area contributed by atoms with Crippen LogP contribution in [-0.4, -0.2) is 37.5 Å². The van der Waals surface area contributed by atoms with Gasteiger partial charge in [-0.2, -0.15) is 0 Å². The van der Waals surface area contributed by atoms with Crippen molar-refractivity contribution in [3.05, 3.63) is 87.4 Å². The molecule has 1 aliphatic heterocycles. The Bertz CT molecular complexity index is 1530. The molecule has 200 valence electrons. The summed E-state index contributed by atoms with van der Waals surface area (Å²) in [5.74, 6) is -1.40. The lowest BCUT2D eigenvalue weighted by Crippen LogP contribution is -2.54. The van der Waals surface area contributed by atoms with Gasteiger partial charge in [0, 0.05) is 10.7 Å². The monoisotopic (exact) mass is 547 g/mol. The molecular formula is C29H26ClN3O6.